The van der Waals surface area contributed by atoms with Crippen LogP contribution in [-0.2, 0) is 9.47 Å². The fourth-order valence-corrected chi connectivity index (χ4v) is 4.35. The van der Waals surface area contributed by atoms with Gasteiger partial charge in [-0.3, -0.25) is 19.6 Å². The summed E-state index contributed by atoms with van der Waals surface area (Å²) in [7, 11) is 0. The molecule has 0 aliphatic heterocycles. The molecule has 0 aromatic heterocycles. The summed E-state index contributed by atoms with van der Waals surface area (Å²) in [5.41, 5.74) is 0. The van der Waals surface area contributed by atoms with E-state index in [2.05, 4.69) is 57.8 Å². The molecule has 0 unspecified atom stereocenters. The van der Waals surface area contributed by atoms with E-state index in [1.807, 2.05) is 0 Å². The van der Waals surface area contributed by atoms with Crippen LogP contribution in [0.1, 0.15) is 39.5 Å². The first kappa shape index (κ1) is 39.1. The topological polar surface area (TPSA) is 112 Å². The summed E-state index contributed by atoms with van der Waals surface area (Å²) in [6, 6.07) is 0. The lowest BCUT2D eigenvalue weighted by molar-refractivity contribution is 0.0322. The Kier molecular flexibility index (Phi) is 30.3. The van der Waals surface area contributed by atoms with Crippen LogP contribution < -0.4 is 0 Å². The van der Waals surface area contributed by atoms with Crippen molar-refractivity contribution in [2.75, 3.05) is 131 Å². The van der Waals surface area contributed by atoms with Gasteiger partial charge in [0.15, 0.2) is 0 Å². The van der Waals surface area contributed by atoms with Gasteiger partial charge in [0.1, 0.15) is 0 Å². The minimum Gasteiger partial charge on any atom is -0.395 e. The summed E-state index contributed by atoms with van der Waals surface area (Å²) >= 11 is 0. The van der Waals surface area contributed by atoms with Crippen molar-refractivity contribution in [3.8, 4) is 0 Å². The van der Waals surface area contributed by atoms with E-state index in [4.69, 9.17) is 9.47 Å². The number of nitrogens with zero attached hydrogens (tertiary/aromatic N) is 4. The zero-order chi connectivity index (χ0) is 29.5. The molecule has 0 radical (unpaired) electrons. The van der Waals surface area contributed by atoms with Crippen LogP contribution in [0.4, 0.5) is 0 Å². The number of aliphatic hydroxyl groups is 4. The van der Waals surface area contributed by atoms with Crippen LogP contribution in [0, 0.1) is 0 Å². The van der Waals surface area contributed by atoms with Crippen LogP contribution in [0.15, 0.2) is 24.3 Å². The summed E-state index contributed by atoms with van der Waals surface area (Å²) in [4.78, 5) is 8.96. The Morgan fingerprint density at radius 2 is 0.775 bits per heavy atom. The van der Waals surface area contributed by atoms with Gasteiger partial charge in [-0.05, 0) is 51.9 Å². The molecule has 10 heteroatoms. The highest BCUT2D eigenvalue weighted by atomic mass is 16.5. The minimum absolute atomic E-state index is 0.113. The third-order valence-electron chi connectivity index (χ3n) is 6.57. The van der Waals surface area contributed by atoms with E-state index in [1.54, 1.807) is 0 Å². The van der Waals surface area contributed by atoms with E-state index in [9.17, 15) is 20.4 Å². The number of allylic oxidation sites excluding steroid dienone is 2. The van der Waals surface area contributed by atoms with Crippen molar-refractivity contribution < 1.29 is 29.9 Å². The molecule has 10 nitrogen and oxygen atoms in total. The Bertz CT molecular complexity index is 510. The largest absolute Gasteiger partial charge is 0.395 e. The lowest BCUT2D eigenvalue weighted by Crippen LogP contribution is -2.35. The van der Waals surface area contributed by atoms with Gasteiger partial charge in [0.05, 0.1) is 52.9 Å². The highest BCUT2D eigenvalue weighted by molar-refractivity contribution is 4.84. The summed E-state index contributed by atoms with van der Waals surface area (Å²) in [6.07, 6.45) is 12.8. The first-order chi connectivity index (χ1) is 19.6. The molecule has 0 aromatic carbocycles. The molecule has 0 bridgehead atoms. The number of hydrogen-bond acceptors (Lipinski definition) is 10. The lowest BCUT2D eigenvalue weighted by atomic mass is 10.3. The van der Waals surface area contributed by atoms with Crippen molar-refractivity contribution in [1.82, 2.24) is 19.6 Å². The summed E-state index contributed by atoms with van der Waals surface area (Å²) < 4.78 is 11.7. The van der Waals surface area contributed by atoms with Crippen molar-refractivity contribution in [3.63, 3.8) is 0 Å². The van der Waals surface area contributed by atoms with E-state index >= 15 is 0 Å². The third kappa shape index (κ3) is 24.8. The van der Waals surface area contributed by atoms with Crippen LogP contribution in [-0.4, -0.2) is 171 Å². The Hall–Kier alpha value is -0.920. The molecule has 0 amide bonds. The van der Waals surface area contributed by atoms with Gasteiger partial charge in [0.2, 0.25) is 0 Å². The average molecular weight is 575 g/mol. The fourth-order valence-electron chi connectivity index (χ4n) is 4.35. The summed E-state index contributed by atoms with van der Waals surface area (Å²) in [5, 5.41) is 36.8. The van der Waals surface area contributed by atoms with Crippen molar-refractivity contribution in [3.05, 3.63) is 24.3 Å². The van der Waals surface area contributed by atoms with Crippen molar-refractivity contribution in [1.29, 1.82) is 0 Å². The number of aliphatic hydroxyl groups excluding tert-OH is 4. The molecule has 40 heavy (non-hydrogen) atoms. The van der Waals surface area contributed by atoms with Gasteiger partial charge in [-0.2, -0.15) is 0 Å². The SMILES string of the molecule is CC/C=C\CN(CCCN(CCO)CCO)CCOCCOCCN(C/C=C\CC)CCCN(CCO)CCO. The first-order valence-electron chi connectivity index (χ1n) is 15.4. The molecule has 4 N–H and O–H groups in total. The lowest BCUT2D eigenvalue weighted by Gasteiger charge is -2.24. The molecule has 0 aliphatic carbocycles. The van der Waals surface area contributed by atoms with Crippen LogP contribution >= 0.6 is 0 Å². The number of ether oxygens (including phenoxy) is 2. The van der Waals surface area contributed by atoms with Crippen molar-refractivity contribution in [2.24, 2.45) is 0 Å². The van der Waals surface area contributed by atoms with Gasteiger partial charge in [-0.15, -0.1) is 0 Å². The molecular weight excluding hydrogens is 512 g/mol. The van der Waals surface area contributed by atoms with Crippen LogP contribution in [0.5, 0.6) is 0 Å². The molecule has 0 fully saturated rings. The van der Waals surface area contributed by atoms with E-state index in [1.165, 1.54) is 0 Å². The van der Waals surface area contributed by atoms with Gasteiger partial charge in [0.25, 0.3) is 0 Å². The quantitative estimate of drug-likeness (QED) is 0.0704. The van der Waals surface area contributed by atoms with Gasteiger partial charge in [0, 0.05) is 52.4 Å². The summed E-state index contributed by atoms with van der Waals surface area (Å²) in [5.74, 6) is 0. The first-order valence-corrected chi connectivity index (χ1v) is 15.4. The predicted octanol–water partition coefficient (Wildman–Crippen LogP) is 0.909. The molecule has 238 valence electrons. The molecule has 0 heterocycles. The third-order valence-corrected chi connectivity index (χ3v) is 6.57. The van der Waals surface area contributed by atoms with E-state index in [0.29, 0.717) is 52.6 Å². The molecule has 0 aromatic rings. The van der Waals surface area contributed by atoms with E-state index in [-0.39, 0.29) is 26.4 Å². The average Bonchev–Trinajstić information content (AvgIpc) is 2.94. The molecule has 0 aliphatic rings. The Morgan fingerprint density at radius 1 is 0.425 bits per heavy atom. The second-order valence-corrected chi connectivity index (χ2v) is 9.87. The van der Waals surface area contributed by atoms with Gasteiger partial charge in [-0.25, -0.2) is 0 Å². The smallest absolute Gasteiger partial charge is 0.0701 e. The zero-order valence-corrected chi connectivity index (χ0v) is 25.7. The maximum atomic E-state index is 9.20. The molecule has 0 spiro atoms. The molecular formula is C30H62N4O6. The van der Waals surface area contributed by atoms with E-state index < -0.39 is 0 Å². The standard InChI is InChI=1S/C30H62N4O6/c1-3-5-7-11-31(13-9-15-33(17-23-35)18-24-36)21-27-39-29-30-40-28-22-32(12-8-6-4-2)14-10-16-34(19-25-37)20-26-38/h5-8,35-38H,3-4,9-30H2,1-2H3/b7-5-,8-6-. The van der Waals surface area contributed by atoms with Gasteiger partial charge in [-0.1, -0.05) is 38.2 Å². The highest BCUT2D eigenvalue weighted by Gasteiger charge is 2.08. The molecule has 0 rings (SSSR count). The zero-order valence-electron chi connectivity index (χ0n) is 25.7. The monoisotopic (exact) mass is 574 g/mol. The van der Waals surface area contributed by atoms with Crippen LogP contribution in [0.3, 0.4) is 0 Å². The number of hydrogen-bond donors (Lipinski definition) is 4. The second-order valence-electron chi connectivity index (χ2n) is 9.87. The Balaban J connectivity index is 4.27. The summed E-state index contributed by atoms with van der Waals surface area (Å²) in [6.45, 7) is 16.7. The normalized spacial score (nSPS) is 12.6. The molecule has 0 saturated carbocycles. The predicted molar refractivity (Wildman–Crippen MR) is 164 cm³/mol. The minimum atomic E-state index is 0.113. The van der Waals surface area contributed by atoms with Gasteiger partial charge >= 0.3 is 0 Å². The maximum Gasteiger partial charge on any atom is 0.0701 e. The fraction of sp³-hybridized carbons (Fsp3) is 0.867. The maximum absolute atomic E-state index is 9.20. The Morgan fingerprint density at radius 3 is 1.10 bits per heavy atom. The van der Waals surface area contributed by atoms with Crippen LogP contribution in [0.25, 0.3) is 0 Å². The molecule has 0 atom stereocenters. The van der Waals surface area contributed by atoms with E-state index in [0.717, 1.165) is 78.0 Å². The Labute approximate surface area is 244 Å². The van der Waals surface area contributed by atoms with Gasteiger partial charge < -0.3 is 29.9 Å². The second kappa shape index (κ2) is 31.0. The highest BCUT2D eigenvalue weighted by Crippen LogP contribution is 1.99. The molecule has 0 saturated heterocycles. The van der Waals surface area contributed by atoms with Crippen molar-refractivity contribution >= 4 is 0 Å². The van der Waals surface area contributed by atoms with Crippen LogP contribution in [0.2, 0.25) is 0 Å². The van der Waals surface area contributed by atoms with Crippen molar-refractivity contribution in [2.45, 2.75) is 39.5 Å². The number of rotatable bonds is 31.